The third-order valence-electron chi connectivity index (χ3n) is 7.36. The minimum atomic E-state index is -1.94. The van der Waals surface area contributed by atoms with Gasteiger partial charge in [0.2, 0.25) is 5.69 Å². The van der Waals surface area contributed by atoms with Crippen LogP contribution in [0.15, 0.2) is 66.7 Å². The van der Waals surface area contributed by atoms with Gasteiger partial charge in [-0.15, -0.1) is 18.2 Å². The average molecular weight is 696 g/mol. The molecule has 0 aliphatic rings. The van der Waals surface area contributed by atoms with E-state index in [9.17, 15) is 30.7 Å². The Labute approximate surface area is 282 Å². The molecule has 0 saturated carbocycles. The van der Waals surface area contributed by atoms with Gasteiger partial charge in [-0.2, -0.15) is 6.07 Å². The summed E-state index contributed by atoms with van der Waals surface area (Å²) in [6, 6.07) is 11.6. The van der Waals surface area contributed by atoms with Gasteiger partial charge in [0.05, 0.1) is 19.6 Å². The summed E-state index contributed by atoms with van der Waals surface area (Å²) in [6.45, 7) is 7.69. The lowest BCUT2D eigenvalue weighted by Crippen LogP contribution is -2.52. The van der Waals surface area contributed by atoms with Gasteiger partial charge < -0.3 is 14.0 Å². The molecule has 4 aromatic rings. The van der Waals surface area contributed by atoms with E-state index >= 15 is 4.39 Å². The maximum absolute atomic E-state index is 15.8. The Kier molecular flexibility index (Phi) is 15.2. The smallest absolute Gasteiger partial charge is 0.489 e. The van der Waals surface area contributed by atoms with E-state index in [-0.39, 0.29) is 27.4 Å². The predicted molar refractivity (Wildman–Crippen MR) is 173 cm³/mol. The highest BCUT2D eigenvalue weighted by Crippen LogP contribution is 2.40. The Balaban J connectivity index is 0.000000710. The molecule has 0 aliphatic heterocycles. The zero-order valence-corrected chi connectivity index (χ0v) is 27.5. The molecule has 0 heterocycles. The number of halogens is 8. The molecule has 0 spiro atoms. The van der Waals surface area contributed by atoms with Crippen molar-refractivity contribution >= 4 is 13.0 Å². The van der Waals surface area contributed by atoms with Crippen molar-refractivity contribution in [1.29, 1.82) is 0 Å². The molecule has 4 aromatic carbocycles. The van der Waals surface area contributed by atoms with E-state index < -0.39 is 53.9 Å². The number of benzene rings is 4. The van der Waals surface area contributed by atoms with Crippen LogP contribution in [0, 0.1) is 52.6 Å². The molecule has 49 heavy (non-hydrogen) atoms. The first-order valence-corrected chi connectivity index (χ1v) is 16.0. The van der Waals surface area contributed by atoms with Crippen LogP contribution >= 0.6 is 0 Å². The fourth-order valence-corrected chi connectivity index (χ4v) is 5.15. The molecule has 4 rings (SSSR count). The van der Waals surface area contributed by atoms with Crippen LogP contribution in [0.2, 0.25) is 0 Å². The monoisotopic (exact) mass is 695 g/mol. The topological polar surface area (TPSA) is 27.7 Å². The predicted octanol–water partition coefficient (Wildman–Crippen LogP) is 10.5. The maximum Gasteiger partial charge on any atom is 0.864 e. The molecule has 4 nitrogen and oxygen atoms in total. The zero-order chi connectivity index (χ0) is 36.0. The fourth-order valence-electron chi connectivity index (χ4n) is 5.15. The summed E-state index contributed by atoms with van der Waals surface area (Å²) in [4.78, 5) is 0. The molecule has 0 unspecified atom stereocenters. The zero-order valence-electron chi connectivity index (χ0n) is 27.5. The molecule has 0 amide bonds. The number of rotatable bonds is 16. The van der Waals surface area contributed by atoms with Crippen molar-refractivity contribution in [1.82, 2.24) is 4.48 Å². The lowest BCUT2D eigenvalue weighted by Gasteiger charge is -2.39. The molecule has 0 radical (unpaired) electrons. The molecule has 0 aliphatic carbocycles. The van der Waals surface area contributed by atoms with Crippen LogP contribution in [0.5, 0.6) is 17.2 Å². The normalized spacial score (nSPS) is 11.1. The van der Waals surface area contributed by atoms with Crippen molar-refractivity contribution in [2.45, 2.75) is 59.3 Å². The summed E-state index contributed by atoms with van der Waals surface area (Å²) in [5.74, 6) is -7.86. The Bertz CT molecular complexity index is 1510. The highest BCUT2D eigenvalue weighted by Gasteiger charge is 2.40. The van der Waals surface area contributed by atoms with Crippen LogP contribution in [0.3, 0.4) is 0 Å². The Hall–Kier alpha value is -4.26. The van der Waals surface area contributed by atoms with E-state index in [1.807, 2.05) is 20.8 Å². The highest BCUT2D eigenvalue weighted by atomic mass is 19.2. The van der Waals surface area contributed by atoms with E-state index in [2.05, 4.69) is 6.07 Å². The molecule has 0 atom stereocenters. The molecular formula is C36H38BF8NO3. The minimum Gasteiger partial charge on any atom is -0.489 e. The maximum atomic E-state index is 15.8. The Morgan fingerprint density at radius 1 is 0.510 bits per heavy atom. The van der Waals surface area contributed by atoms with Gasteiger partial charge >= 0.3 is 7.32 Å². The molecule has 0 aromatic heterocycles. The Morgan fingerprint density at radius 3 is 1.27 bits per heavy atom. The first-order chi connectivity index (χ1) is 23.4. The summed E-state index contributed by atoms with van der Waals surface area (Å²) in [7, 11) is -1.94. The standard InChI is InChI=1S/C30H35BF6NO3.C6H3F2/c1-4-7-10-38(11-8-5-2,12-9-6-3)30-28(37)19-25(36)20-29(30)41-31(39-26-15-21(32)13-22(33)16-26)40-27-17-23(34)14-24(35)18-27;7-5-2-1-3-6(8)4-5/h13-20H,4-12H2,1-3H3;2-4H/q+1;-1. The van der Waals surface area contributed by atoms with E-state index in [1.165, 1.54) is 0 Å². The SMILES string of the molecule is CCCC[N+](CCCC)(CCCC)c1c(F)cc(F)cc1OB(Oc1cc(F)cc(F)c1)Oc1cc(F)cc(F)c1.Fc1c[c-]cc(F)c1. The molecule has 0 fully saturated rings. The molecule has 13 heteroatoms. The molecule has 264 valence electrons. The average Bonchev–Trinajstić information content (AvgIpc) is 3.00. The number of unbranched alkanes of at least 4 members (excludes halogenated alkanes) is 3. The quantitative estimate of drug-likeness (QED) is 0.0506. The molecule has 0 bridgehead atoms. The van der Waals surface area contributed by atoms with Crippen LogP contribution in [0.25, 0.3) is 0 Å². The molecule has 0 saturated heterocycles. The summed E-state index contributed by atoms with van der Waals surface area (Å²) >= 11 is 0. The third-order valence-corrected chi connectivity index (χ3v) is 7.36. The minimum absolute atomic E-state index is 0.0785. The van der Waals surface area contributed by atoms with Crippen LogP contribution in [-0.2, 0) is 0 Å². The summed E-state index contributed by atoms with van der Waals surface area (Å²) in [5, 5.41) is 0. The Morgan fingerprint density at radius 2 is 0.898 bits per heavy atom. The van der Waals surface area contributed by atoms with Crippen LogP contribution in [0.4, 0.5) is 40.8 Å². The van der Waals surface area contributed by atoms with Crippen molar-refractivity contribution in [2.75, 3.05) is 19.6 Å². The van der Waals surface area contributed by atoms with Gasteiger partial charge in [0.15, 0.2) is 11.6 Å². The van der Waals surface area contributed by atoms with E-state index in [0.29, 0.717) is 31.8 Å². The summed E-state index contributed by atoms with van der Waals surface area (Å²) in [6.07, 6.45) is 4.77. The number of quaternary nitrogens is 1. The second-order valence-corrected chi connectivity index (χ2v) is 11.3. The first-order valence-electron chi connectivity index (χ1n) is 16.0. The second-order valence-electron chi connectivity index (χ2n) is 11.3. The van der Waals surface area contributed by atoms with Gasteiger partial charge in [0.1, 0.15) is 40.6 Å². The lowest BCUT2D eigenvalue weighted by molar-refractivity contribution is 0.240. The van der Waals surface area contributed by atoms with E-state index in [4.69, 9.17) is 14.0 Å². The highest BCUT2D eigenvalue weighted by molar-refractivity contribution is 6.39. The molecular weight excluding hydrogens is 657 g/mol. The van der Waals surface area contributed by atoms with Crippen LogP contribution < -0.4 is 18.4 Å². The fraction of sp³-hybridized carbons (Fsp3) is 0.333. The molecule has 0 N–H and O–H groups in total. The van der Waals surface area contributed by atoms with Gasteiger partial charge in [-0.1, -0.05) is 40.0 Å². The van der Waals surface area contributed by atoms with E-state index in [0.717, 1.165) is 93.1 Å². The van der Waals surface area contributed by atoms with Crippen molar-refractivity contribution in [3.63, 3.8) is 0 Å². The van der Waals surface area contributed by atoms with E-state index in [1.54, 1.807) is 0 Å². The van der Waals surface area contributed by atoms with Crippen LogP contribution in [-0.4, -0.2) is 27.0 Å². The largest absolute Gasteiger partial charge is 0.864 e. The van der Waals surface area contributed by atoms with Crippen molar-refractivity contribution < 1.29 is 49.1 Å². The van der Waals surface area contributed by atoms with Crippen molar-refractivity contribution in [2.24, 2.45) is 0 Å². The number of hydrogen-bond acceptors (Lipinski definition) is 3. The van der Waals surface area contributed by atoms with Crippen molar-refractivity contribution in [3.8, 4) is 17.2 Å². The summed E-state index contributed by atoms with van der Waals surface area (Å²) in [5.41, 5.74) is 0.0785. The van der Waals surface area contributed by atoms with Gasteiger partial charge in [-0.3, -0.25) is 13.3 Å². The lowest BCUT2D eigenvalue weighted by atomic mass is 10.1. The van der Waals surface area contributed by atoms with Gasteiger partial charge in [0.25, 0.3) is 0 Å². The summed E-state index contributed by atoms with van der Waals surface area (Å²) < 4.78 is 127. The van der Waals surface area contributed by atoms with Gasteiger partial charge in [-0.25, -0.2) is 26.3 Å². The van der Waals surface area contributed by atoms with Gasteiger partial charge in [-0.05, 0) is 19.3 Å². The third kappa shape index (κ3) is 12.3. The number of hydrogen-bond donors (Lipinski definition) is 0. The first kappa shape index (κ1) is 39.2. The van der Waals surface area contributed by atoms with Crippen LogP contribution in [0.1, 0.15) is 59.3 Å². The van der Waals surface area contributed by atoms with Crippen molar-refractivity contribution in [3.05, 3.63) is 119 Å². The second kappa shape index (κ2) is 19.1. The number of nitrogens with zero attached hydrogens (tertiary/aromatic N) is 1. The van der Waals surface area contributed by atoms with Gasteiger partial charge in [0, 0.05) is 60.2 Å².